The maximum Gasteiger partial charge on any atom is 1.00 e. The molecule has 20 heavy (non-hydrogen) atoms. The van der Waals surface area contributed by atoms with E-state index in [1.807, 2.05) is 0 Å². The van der Waals surface area contributed by atoms with Crippen LogP contribution in [-0.4, -0.2) is 11.9 Å². The number of amides is 1. The molecule has 0 aliphatic heterocycles. The smallest absolute Gasteiger partial charge is 0.548 e. The summed E-state index contributed by atoms with van der Waals surface area (Å²) in [6.07, 6.45) is 0. The zero-order valence-corrected chi connectivity index (χ0v) is 13.1. The minimum atomic E-state index is -1.34. The molecule has 1 atom stereocenters. The van der Waals surface area contributed by atoms with Crippen molar-refractivity contribution in [3.8, 4) is 0 Å². The van der Waals surface area contributed by atoms with Gasteiger partial charge in [-0.1, -0.05) is 48.5 Å². The third-order valence-electron chi connectivity index (χ3n) is 2.68. The molecular weight excluding hydrogens is 265 g/mol. The first kappa shape index (κ1) is 16.4. The van der Waals surface area contributed by atoms with Gasteiger partial charge in [-0.05, 0) is 17.7 Å². The third-order valence-corrected chi connectivity index (χ3v) is 2.68. The number of nitrogens with one attached hydrogen (secondary N) is 1. The van der Waals surface area contributed by atoms with E-state index in [0.717, 1.165) is 0 Å². The average Bonchev–Trinajstić information content (AvgIpc) is 2.46. The predicted molar refractivity (Wildman–Crippen MR) is 68.1 cm³/mol. The standard InChI is InChI=1S/C15H13NO3.Na/c17-14(12-9-5-2-6-10-12)16-13(15(18)19)11-7-3-1-4-8-11;/h1-10,13H,(H,16,17)(H,18,19);/q;+1/p-1. The van der Waals surface area contributed by atoms with Crippen LogP contribution >= 0.6 is 0 Å². The van der Waals surface area contributed by atoms with Gasteiger partial charge in [0.1, 0.15) is 0 Å². The molecule has 0 fully saturated rings. The fourth-order valence-electron chi connectivity index (χ4n) is 1.73. The minimum Gasteiger partial charge on any atom is -0.548 e. The van der Waals surface area contributed by atoms with E-state index in [1.165, 1.54) is 0 Å². The zero-order chi connectivity index (χ0) is 13.7. The Kier molecular flexibility index (Phi) is 6.45. The normalized spacial score (nSPS) is 11.0. The summed E-state index contributed by atoms with van der Waals surface area (Å²) in [4.78, 5) is 23.1. The molecule has 1 amide bonds. The Bertz CT molecular complexity index is 572. The Morgan fingerprint density at radius 3 is 1.90 bits per heavy atom. The second-order valence-electron chi connectivity index (χ2n) is 4.00. The van der Waals surface area contributed by atoms with Crippen LogP contribution in [0.5, 0.6) is 0 Å². The van der Waals surface area contributed by atoms with Gasteiger partial charge in [0.05, 0.1) is 12.0 Å². The van der Waals surface area contributed by atoms with Crippen molar-refractivity contribution in [1.82, 2.24) is 5.32 Å². The Morgan fingerprint density at radius 1 is 0.900 bits per heavy atom. The molecule has 0 heterocycles. The van der Waals surface area contributed by atoms with E-state index < -0.39 is 17.9 Å². The van der Waals surface area contributed by atoms with Gasteiger partial charge in [0.2, 0.25) is 0 Å². The van der Waals surface area contributed by atoms with Gasteiger partial charge >= 0.3 is 29.6 Å². The van der Waals surface area contributed by atoms with E-state index in [-0.39, 0.29) is 29.6 Å². The van der Waals surface area contributed by atoms with Crippen LogP contribution in [0.1, 0.15) is 22.0 Å². The number of hydrogen-bond donors (Lipinski definition) is 1. The molecule has 0 saturated heterocycles. The second-order valence-corrected chi connectivity index (χ2v) is 4.00. The number of benzene rings is 2. The van der Waals surface area contributed by atoms with E-state index in [2.05, 4.69) is 5.32 Å². The maximum absolute atomic E-state index is 11.9. The van der Waals surface area contributed by atoms with Gasteiger partial charge in [0.25, 0.3) is 5.91 Å². The van der Waals surface area contributed by atoms with Crippen molar-refractivity contribution in [1.29, 1.82) is 0 Å². The van der Waals surface area contributed by atoms with Crippen molar-refractivity contribution in [2.75, 3.05) is 0 Å². The summed E-state index contributed by atoms with van der Waals surface area (Å²) in [6.45, 7) is 0. The van der Waals surface area contributed by atoms with Gasteiger partial charge in [-0.15, -0.1) is 0 Å². The quantitative estimate of drug-likeness (QED) is 0.652. The van der Waals surface area contributed by atoms with Crippen molar-refractivity contribution in [2.24, 2.45) is 0 Å². The second kappa shape index (κ2) is 7.85. The predicted octanol–water partition coefficient (Wildman–Crippen LogP) is -2.09. The van der Waals surface area contributed by atoms with Crippen LogP contribution in [0.2, 0.25) is 0 Å². The summed E-state index contributed by atoms with van der Waals surface area (Å²) in [5.74, 6) is -1.78. The number of carboxylic acid groups (broad SMARTS) is 1. The van der Waals surface area contributed by atoms with Crippen LogP contribution < -0.4 is 40.0 Å². The van der Waals surface area contributed by atoms with Crippen LogP contribution in [0.15, 0.2) is 60.7 Å². The summed E-state index contributed by atoms with van der Waals surface area (Å²) in [5.41, 5.74) is 0.886. The largest absolute Gasteiger partial charge is 1.00 e. The molecule has 2 rings (SSSR count). The molecule has 0 aliphatic carbocycles. The molecule has 0 bridgehead atoms. The Morgan fingerprint density at radius 2 is 1.40 bits per heavy atom. The summed E-state index contributed by atoms with van der Waals surface area (Å²) in [6, 6.07) is 15.7. The number of carbonyl (C=O) groups is 2. The van der Waals surface area contributed by atoms with Crippen molar-refractivity contribution in [2.45, 2.75) is 6.04 Å². The topological polar surface area (TPSA) is 69.2 Å². The monoisotopic (exact) mass is 277 g/mol. The summed E-state index contributed by atoms with van der Waals surface area (Å²) in [7, 11) is 0. The molecule has 0 spiro atoms. The van der Waals surface area contributed by atoms with Crippen molar-refractivity contribution in [3.05, 3.63) is 71.8 Å². The molecule has 2 aromatic carbocycles. The zero-order valence-electron chi connectivity index (χ0n) is 11.1. The first-order valence-corrected chi connectivity index (χ1v) is 5.80. The molecule has 0 radical (unpaired) electrons. The maximum atomic E-state index is 11.9. The fraction of sp³-hybridized carbons (Fsp3) is 0.0667. The van der Waals surface area contributed by atoms with E-state index in [1.54, 1.807) is 60.7 Å². The molecule has 1 N–H and O–H groups in total. The third kappa shape index (κ3) is 4.20. The Balaban J connectivity index is 0.00000200. The molecule has 4 nitrogen and oxygen atoms in total. The van der Waals surface area contributed by atoms with Crippen LogP contribution in [0, 0.1) is 0 Å². The van der Waals surface area contributed by atoms with Crippen molar-refractivity contribution < 1.29 is 44.3 Å². The summed E-state index contributed by atoms with van der Waals surface area (Å²) in [5, 5.41) is 13.6. The number of aliphatic carboxylic acids is 1. The van der Waals surface area contributed by atoms with Gasteiger partial charge in [-0.2, -0.15) is 0 Å². The Labute approximate surface area is 139 Å². The van der Waals surface area contributed by atoms with Gasteiger partial charge < -0.3 is 15.2 Å². The molecule has 0 aromatic heterocycles. The Hall–Kier alpha value is -1.62. The number of hydrogen-bond acceptors (Lipinski definition) is 3. The van der Waals surface area contributed by atoms with Gasteiger partial charge in [-0.25, -0.2) is 0 Å². The van der Waals surface area contributed by atoms with E-state index in [4.69, 9.17) is 0 Å². The number of rotatable bonds is 4. The first-order valence-electron chi connectivity index (χ1n) is 5.80. The average molecular weight is 277 g/mol. The summed E-state index contributed by atoms with van der Waals surface area (Å²) >= 11 is 0. The van der Waals surface area contributed by atoms with E-state index in [0.29, 0.717) is 11.1 Å². The van der Waals surface area contributed by atoms with Gasteiger partial charge in [0.15, 0.2) is 0 Å². The molecule has 1 unspecified atom stereocenters. The molecule has 0 saturated carbocycles. The first-order chi connectivity index (χ1) is 9.18. The molecule has 96 valence electrons. The SMILES string of the molecule is O=C(NC(C(=O)[O-])c1ccccc1)c1ccccc1.[Na+]. The van der Waals surface area contributed by atoms with Crippen LogP contribution in [0.3, 0.4) is 0 Å². The van der Waals surface area contributed by atoms with Gasteiger partial charge in [-0.3, -0.25) is 4.79 Å². The van der Waals surface area contributed by atoms with E-state index in [9.17, 15) is 14.7 Å². The van der Waals surface area contributed by atoms with Crippen LogP contribution in [-0.2, 0) is 4.79 Å². The molecule has 5 heteroatoms. The molecular formula is C15H12NNaO3. The van der Waals surface area contributed by atoms with Gasteiger partial charge in [0, 0.05) is 5.56 Å². The molecule has 2 aromatic rings. The van der Waals surface area contributed by atoms with Crippen LogP contribution in [0.4, 0.5) is 0 Å². The molecule has 0 aliphatic rings. The van der Waals surface area contributed by atoms with Crippen LogP contribution in [0.25, 0.3) is 0 Å². The number of carbonyl (C=O) groups excluding carboxylic acids is 2. The van der Waals surface area contributed by atoms with E-state index >= 15 is 0 Å². The van der Waals surface area contributed by atoms with Crippen molar-refractivity contribution >= 4 is 11.9 Å². The fourth-order valence-corrected chi connectivity index (χ4v) is 1.73. The number of carboxylic acids is 1. The summed E-state index contributed by atoms with van der Waals surface area (Å²) < 4.78 is 0. The van der Waals surface area contributed by atoms with Crippen molar-refractivity contribution in [3.63, 3.8) is 0 Å². The minimum absolute atomic E-state index is 0.